The van der Waals surface area contributed by atoms with Crippen LogP contribution < -0.4 is 0 Å². The molecular formula is C6H10O. The second-order valence-electron chi connectivity index (χ2n) is 1.13. The van der Waals surface area contributed by atoms with Gasteiger partial charge in [0.25, 0.3) is 0 Å². The lowest BCUT2D eigenvalue weighted by molar-refractivity contribution is 0.337. The molecule has 1 heteroatoms. The molecule has 0 N–H and O–H groups in total. The molecule has 0 radical (unpaired) electrons. The summed E-state index contributed by atoms with van der Waals surface area (Å²) in [5.74, 6) is 0. The fourth-order valence-electron chi connectivity index (χ4n) is 0.248. The fourth-order valence-corrected chi connectivity index (χ4v) is 0.248. The predicted octanol–water partition coefficient (Wildman–Crippen LogP) is 1.72. The molecule has 0 aromatic heterocycles. The van der Waals surface area contributed by atoms with Gasteiger partial charge in [-0.05, 0) is 12.5 Å². The summed E-state index contributed by atoms with van der Waals surface area (Å²) < 4.78 is 4.62. The van der Waals surface area contributed by atoms with Crippen LogP contribution >= 0.6 is 0 Å². The Balaban J connectivity index is 2.92. The van der Waals surface area contributed by atoms with Crippen LogP contribution in [0.2, 0.25) is 0 Å². The standard InChI is InChI=1S/C6H10O/c1-3-4-5-6-7-2/h3,5-6H,1,4H2,2H3/b6-5-. The molecule has 0 spiro atoms. The number of hydrogen-bond donors (Lipinski definition) is 0. The van der Waals surface area contributed by atoms with Gasteiger partial charge < -0.3 is 4.74 Å². The second kappa shape index (κ2) is 5.28. The number of allylic oxidation sites excluding steroid dienone is 2. The van der Waals surface area contributed by atoms with Gasteiger partial charge in [-0.3, -0.25) is 0 Å². The first-order chi connectivity index (χ1) is 3.41. The smallest absolute Gasteiger partial charge is 0.0787 e. The van der Waals surface area contributed by atoms with Crippen LogP contribution in [0.1, 0.15) is 6.42 Å². The van der Waals surface area contributed by atoms with Crippen LogP contribution in [0.15, 0.2) is 25.0 Å². The van der Waals surface area contributed by atoms with E-state index in [0.29, 0.717) is 0 Å². The Bertz CT molecular complexity index is 64.6. The van der Waals surface area contributed by atoms with Gasteiger partial charge in [-0.25, -0.2) is 0 Å². The highest BCUT2D eigenvalue weighted by molar-refractivity contribution is 4.82. The SMILES string of the molecule is C=CC/C=C\OC. The van der Waals surface area contributed by atoms with Crippen molar-refractivity contribution in [2.24, 2.45) is 0 Å². The van der Waals surface area contributed by atoms with Crippen molar-refractivity contribution in [2.75, 3.05) is 7.11 Å². The highest BCUT2D eigenvalue weighted by atomic mass is 16.5. The molecule has 7 heavy (non-hydrogen) atoms. The van der Waals surface area contributed by atoms with Crippen molar-refractivity contribution in [2.45, 2.75) is 6.42 Å². The first kappa shape index (κ1) is 6.28. The van der Waals surface area contributed by atoms with Crippen molar-refractivity contribution in [3.8, 4) is 0 Å². The van der Waals surface area contributed by atoms with E-state index in [1.165, 1.54) is 0 Å². The van der Waals surface area contributed by atoms with Gasteiger partial charge >= 0.3 is 0 Å². The Morgan fingerprint density at radius 2 is 2.43 bits per heavy atom. The maximum atomic E-state index is 4.62. The first-order valence-electron chi connectivity index (χ1n) is 2.20. The largest absolute Gasteiger partial charge is 0.505 e. The van der Waals surface area contributed by atoms with Gasteiger partial charge in [-0.15, -0.1) is 6.58 Å². The minimum Gasteiger partial charge on any atom is -0.505 e. The third-order valence-electron chi connectivity index (χ3n) is 0.535. The summed E-state index contributed by atoms with van der Waals surface area (Å²) in [7, 11) is 1.62. The Kier molecular flexibility index (Phi) is 4.74. The molecule has 0 unspecified atom stereocenters. The maximum absolute atomic E-state index is 4.62. The second-order valence-corrected chi connectivity index (χ2v) is 1.13. The van der Waals surface area contributed by atoms with E-state index in [9.17, 15) is 0 Å². The highest BCUT2D eigenvalue weighted by Crippen LogP contribution is 1.80. The summed E-state index contributed by atoms with van der Waals surface area (Å²) in [5, 5.41) is 0. The fraction of sp³-hybridized carbons (Fsp3) is 0.333. The van der Waals surface area contributed by atoms with Crippen LogP contribution in [-0.4, -0.2) is 7.11 Å². The van der Waals surface area contributed by atoms with E-state index in [-0.39, 0.29) is 0 Å². The lowest BCUT2D eigenvalue weighted by Crippen LogP contribution is -1.62. The Hall–Kier alpha value is -0.720. The van der Waals surface area contributed by atoms with Gasteiger partial charge in [0, 0.05) is 0 Å². The average Bonchev–Trinajstić information content (AvgIpc) is 1.69. The normalized spacial score (nSPS) is 9.29. The highest BCUT2D eigenvalue weighted by Gasteiger charge is 1.62. The Morgan fingerprint density at radius 1 is 1.71 bits per heavy atom. The average molecular weight is 98.1 g/mol. The summed E-state index contributed by atoms with van der Waals surface area (Å²) in [6.07, 6.45) is 6.23. The number of methoxy groups -OCH3 is 1. The van der Waals surface area contributed by atoms with Crippen LogP contribution in [0.25, 0.3) is 0 Å². The van der Waals surface area contributed by atoms with E-state index in [1.54, 1.807) is 13.4 Å². The summed E-state index contributed by atoms with van der Waals surface area (Å²) in [6, 6.07) is 0. The van der Waals surface area contributed by atoms with Crippen molar-refractivity contribution < 1.29 is 4.74 Å². The molecule has 0 aliphatic heterocycles. The summed E-state index contributed by atoms with van der Waals surface area (Å²) in [5.41, 5.74) is 0. The lowest BCUT2D eigenvalue weighted by atomic mass is 10.4. The Labute approximate surface area is 44.3 Å². The minimum atomic E-state index is 0.883. The van der Waals surface area contributed by atoms with Crippen LogP contribution in [0.3, 0.4) is 0 Å². The third-order valence-corrected chi connectivity index (χ3v) is 0.535. The topological polar surface area (TPSA) is 9.23 Å². The molecule has 0 aliphatic carbocycles. The van der Waals surface area contributed by atoms with Gasteiger partial charge in [-0.1, -0.05) is 6.08 Å². The number of hydrogen-bond acceptors (Lipinski definition) is 1. The quantitative estimate of drug-likeness (QED) is 0.386. The van der Waals surface area contributed by atoms with Crippen molar-refractivity contribution in [3.05, 3.63) is 25.0 Å². The molecule has 0 aromatic carbocycles. The lowest BCUT2D eigenvalue weighted by Gasteiger charge is -1.81. The van der Waals surface area contributed by atoms with Crippen LogP contribution in [0.5, 0.6) is 0 Å². The molecule has 0 amide bonds. The van der Waals surface area contributed by atoms with E-state index in [4.69, 9.17) is 0 Å². The van der Waals surface area contributed by atoms with E-state index in [2.05, 4.69) is 11.3 Å². The molecular weight excluding hydrogens is 88.1 g/mol. The number of rotatable bonds is 3. The molecule has 40 valence electrons. The van der Waals surface area contributed by atoms with Gasteiger partial charge in [0.15, 0.2) is 0 Å². The monoisotopic (exact) mass is 98.1 g/mol. The van der Waals surface area contributed by atoms with Gasteiger partial charge in [-0.2, -0.15) is 0 Å². The predicted molar refractivity (Wildman–Crippen MR) is 31.0 cm³/mol. The van der Waals surface area contributed by atoms with Crippen LogP contribution in [0, 0.1) is 0 Å². The van der Waals surface area contributed by atoms with Gasteiger partial charge in [0.05, 0.1) is 13.4 Å². The first-order valence-corrected chi connectivity index (χ1v) is 2.20. The molecule has 0 atom stereocenters. The van der Waals surface area contributed by atoms with Crippen LogP contribution in [-0.2, 0) is 4.74 Å². The Morgan fingerprint density at radius 3 is 2.86 bits per heavy atom. The zero-order valence-electron chi connectivity index (χ0n) is 4.55. The van der Waals surface area contributed by atoms with E-state index in [0.717, 1.165) is 6.42 Å². The molecule has 0 saturated carbocycles. The third kappa shape index (κ3) is 5.28. The molecule has 0 saturated heterocycles. The van der Waals surface area contributed by atoms with Crippen molar-refractivity contribution in [1.29, 1.82) is 0 Å². The summed E-state index contributed by atoms with van der Waals surface area (Å²) >= 11 is 0. The van der Waals surface area contributed by atoms with E-state index < -0.39 is 0 Å². The van der Waals surface area contributed by atoms with Gasteiger partial charge in [0.1, 0.15) is 0 Å². The molecule has 0 heterocycles. The molecule has 1 nitrogen and oxygen atoms in total. The van der Waals surface area contributed by atoms with E-state index >= 15 is 0 Å². The molecule has 0 aliphatic rings. The van der Waals surface area contributed by atoms with Crippen molar-refractivity contribution >= 4 is 0 Å². The van der Waals surface area contributed by atoms with Crippen molar-refractivity contribution in [3.63, 3.8) is 0 Å². The van der Waals surface area contributed by atoms with Gasteiger partial charge in [0.2, 0.25) is 0 Å². The molecule has 0 fully saturated rings. The van der Waals surface area contributed by atoms with Crippen LogP contribution in [0.4, 0.5) is 0 Å². The summed E-state index contributed by atoms with van der Waals surface area (Å²) in [6.45, 7) is 3.53. The minimum absolute atomic E-state index is 0.883. The van der Waals surface area contributed by atoms with E-state index in [1.807, 2.05) is 12.2 Å². The molecule has 0 rings (SSSR count). The molecule has 0 bridgehead atoms. The number of ether oxygens (including phenoxy) is 1. The zero-order valence-corrected chi connectivity index (χ0v) is 4.55. The summed E-state index contributed by atoms with van der Waals surface area (Å²) in [4.78, 5) is 0. The maximum Gasteiger partial charge on any atom is 0.0787 e. The zero-order chi connectivity index (χ0) is 5.54. The van der Waals surface area contributed by atoms with Crippen molar-refractivity contribution in [1.82, 2.24) is 0 Å². The molecule has 0 aromatic rings.